The van der Waals surface area contributed by atoms with Crippen molar-refractivity contribution in [2.75, 3.05) is 4.72 Å². The molecular formula is C12H14N2O3S2. The Kier molecular flexibility index (Phi) is 3.88. The summed E-state index contributed by atoms with van der Waals surface area (Å²) in [5.41, 5.74) is 2.01. The fourth-order valence-electron chi connectivity index (χ4n) is 1.51. The number of aryl methyl sites for hydroxylation is 2. The van der Waals surface area contributed by atoms with Gasteiger partial charge in [-0.2, -0.15) is 0 Å². The monoisotopic (exact) mass is 298 g/mol. The van der Waals surface area contributed by atoms with Gasteiger partial charge in [0.15, 0.2) is 0 Å². The standard InChI is InChI=1S/C12H14N2O3S2/c1-8-5-12(18-11(8)7-15)19(16,17)14-10-4-3-9(2)13-6-10/h3-6,14-15H,7H2,1-2H3. The van der Waals surface area contributed by atoms with Gasteiger partial charge in [0.05, 0.1) is 18.5 Å². The van der Waals surface area contributed by atoms with Crippen LogP contribution < -0.4 is 4.72 Å². The van der Waals surface area contributed by atoms with Gasteiger partial charge in [0, 0.05) is 10.6 Å². The highest BCUT2D eigenvalue weighted by molar-refractivity contribution is 7.94. The van der Waals surface area contributed by atoms with Gasteiger partial charge < -0.3 is 5.11 Å². The molecule has 2 rings (SSSR count). The van der Waals surface area contributed by atoms with Crippen molar-refractivity contribution in [2.45, 2.75) is 24.7 Å². The smallest absolute Gasteiger partial charge is 0.271 e. The van der Waals surface area contributed by atoms with Crippen molar-refractivity contribution in [2.24, 2.45) is 0 Å². The minimum absolute atomic E-state index is 0.155. The molecule has 0 aliphatic heterocycles. The molecule has 0 saturated carbocycles. The zero-order valence-electron chi connectivity index (χ0n) is 10.5. The van der Waals surface area contributed by atoms with E-state index < -0.39 is 10.0 Å². The average Bonchev–Trinajstić information content (AvgIpc) is 2.74. The number of thiophene rings is 1. The molecule has 0 spiro atoms. The van der Waals surface area contributed by atoms with Gasteiger partial charge in [-0.05, 0) is 37.6 Å². The molecule has 5 nitrogen and oxygen atoms in total. The molecule has 0 aliphatic carbocycles. The van der Waals surface area contributed by atoms with Crippen molar-refractivity contribution in [3.05, 3.63) is 40.5 Å². The molecule has 2 heterocycles. The van der Waals surface area contributed by atoms with Crippen LogP contribution in [-0.2, 0) is 16.6 Å². The van der Waals surface area contributed by atoms with E-state index in [9.17, 15) is 8.42 Å². The molecule has 0 radical (unpaired) electrons. The number of aliphatic hydroxyl groups excluding tert-OH is 1. The van der Waals surface area contributed by atoms with Crippen molar-refractivity contribution < 1.29 is 13.5 Å². The molecule has 0 amide bonds. The molecule has 19 heavy (non-hydrogen) atoms. The molecule has 0 fully saturated rings. The van der Waals surface area contributed by atoms with E-state index in [4.69, 9.17) is 5.11 Å². The van der Waals surface area contributed by atoms with Crippen LogP contribution in [0.1, 0.15) is 16.1 Å². The van der Waals surface area contributed by atoms with Crippen molar-refractivity contribution in [1.29, 1.82) is 0 Å². The summed E-state index contributed by atoms with van der Waals surface area (Å²) >= 11 is 1.07. The molecule has 0 unspecified atom stereocenters. The normalized spacial score (nSPS) is 11.5. The lowest BCUT2D eigenvalue weighted by Crippen LogP contribution is -2.11. The first-order valence-electron chi connectivity index (χ1n) is 5.58. The fraction of sp³-hybridized carbons (Fsp3) is 0.250. The zero-order valence-corrected chi connectivity index (χ0v) is 12.2. The van der Waals surface area contributed by atoms with E-state index in [0.717, 1.165) is 22.6 Å². The Balaban J connectivity index is 2.29. The Morgan fingerprint density at radius 1 is 1.37 bits per heavy atom. The van der Waals surface area contributed by atoms with E-state index in [1.54, 1.807) is 25.1 Å². The van der Waals surface area contributed by atoms with Crippen LogP contribution in [0.4, 0.5) is 5.69 Å². The van der Waals surface area contributed by atoms with Crippen LogP contribution in [-0.4, -0.2) is 18.5 Å². The van der Waals surface area contributed by atoms with Gasteiger partial charge in [0.25, 0.3) is 10.0 Å². The Hall–Kier alpha value is -1.44. The SMILES string of the molecule is Cc1ccc(NS(=O)(=O)c2cc(C)c(CO)s2)cn1. The van der Waals surface area contributed by atoms with E-state index in [1.165, 1.54) is 6.20 Å². The minimum Gasteiger partial charge on any atom is -0.391 e. The molecule has 7 heteroatoms. The number of hydrogen-bond donors (Lipinski definition) is 2. The van der Waals surface area contributed by atoms with E-state index in [1.807, 2.05) is 6.92 Å². The lowest BCUT2D eigenvalue weighted by Gasteiger charge is -2.05. The maximum atomic E-state index is 12.2. The van der Waals surface area contributed by atoms with Crippen LogP contribution in [0.15, 0.2) is 28.6 Å². The van der Waals surface area contributed by atoms with Crippen LogP contribution in [0, 0.1) is 13.8 Å². The number of rotatable bonds is 4. The van der Waals surface area contributed by atoms with E-state index in [2.05, 4.69) is 9.71 Å². The summed E-state index contributed by atoms with van der Waals surface area (Å²) in [6.45, 7) is 3.45. The molecule has 2 aromatic heterocycles. The number of aliphatic hydroxyl groups is 1. The Labute approximate surface area is 116 Å². The Morgan fingerprint density at radius 2 is 2.11 bits per heavy atom. The van der Waals surface area contributed by atoms with Crippen molar-refractivity contribution >= 4 is 27.0 Å². The molecular weight excluding hydrogens is 284 g/mol. The molecule has 0 aromatic carbocycles. The zero-order chi connectivity index (χ0) is 14.0. The number of pyridine rings is 1. The molecule has 0 aliphatic rings. The first-order chi connectivity index (χ1) is 8.92. The second-order valence-electron chi connectivity index (χ2n) is 4.12. The number of nitrogens with zero attached hydrogens (tertiary/aromatic N) is 1. The summed E-state index contributed by atoms with van der Waals surface area (Å²) in [6, 6.07) is 4.95. The summed E-state index contributed by atoms with van der Waals surface area (Å²) in [5.74, 6) is 0. The molecule has 2 N–H and O–H groups in total. The van der Waals surface area contributed by atoms with Gasteiger partial charge >= 0.3 is 0 Å². The quantitative estimate of drug-likeness (QED) is 0.905. The lowest BCUT2D eigenvalue weighted by atomic mass is 10.3. The lowest BCUT2D eigenvalue weighted by molar-refractivity contribution is 0.285. The van der Waals surface area contributed by atoms with Crippen molar-refractivity contribution in [3.8, 4) is 0 Å². The highest BCUT2D eigenvalue weighted by Crippen LogP contribution is 2.27. The predicted molar refractivity (Wildman–Crippen MR) is 74.8 cm³/mol. The highest BCUT2D eigenvalue weighted by Gasteiger charge is 2.18. The van der Waals surface area contributed by atoms with E-state index in [-0.39, 0.29) is 10.8 Å². The van der Waals surface area contributed by atoms with E-state index >= 15 is 0 Å². The van der Waals surface area contributed by atoms with Gasteiger partial charge in [-0.25, -0.2) is 8.42 Å². The summed E-state index contributed by atoms with van der Waals surface area (Å²) in [5, 5.41) is 9.10. The summed E-state index contributed by atoms with van der Waals surface area (Å²) < 4.78 is 27.0. The second kappa shape index (κ2) is 5.28. The van der Waals surface area contributed by atoms with Gasteiger partial charge in [-0.15, -0.1) is 11.3 Å². The minimum atomic E-state index is -3.62. The topological polar surface area (TPSA) is 79.3 Å². The molecule has 102 valence electrons. The Bertz CT molecular complexity index is 676. The largest absolute Gasteiger partial charge is 0.391 e. The van der Waals surface area contributed by atoms with Gasteiger partial charge in [0.2, 0.25) is 0 Å². The van der Waals surface area contributed by atoms with Crippen LogP contribution in [0.3, 0.4) is 0 Å². The average molecular weight is 298 g/mol. The van der Waals surface area contributed by atoms with Gasteiger partial charge in [-0.1, -0.05) is 0 Å². The van der Waals surface area contributed by atoms with Crippen molar-refractivity contribution in [3.63, 3.8) is 0 Å². The van der Waals surface area contributed by atoms with Crippen LogP contribution in [0.5, 0.6) is 0 Å². The summed E-state index contributed by atoms with van der Waals surface area (Å²) in [7, 11) is -3.62. The van der Waals surface area contributed by atoms with Crippen LogP contribution in [0.2, 0.25) is 0 Å². The number of sulfonamides is 1. The third kappa shape index (κ3) is 3.12. The first kappa shape index (κ1) is 14.0. The van der Waals surface area contributed by atoms with Crippen molar-refractivity contribution in [1.82, 2.24) is 4.98 Å². The third-order valence-electron chi connectivity index (χ3n) is 2.57. The molecule has 0 saturated heterocycles. The van der Waals surface area contributed by atoms with Gasteiger partial charge in [-0.3, -0.25) is 9.71 Å². The van der Waals surface area contributed by atoms with Gasteiger partial charge in [0.1, 0.15) is 4.21 Å². The first-order valence-corrected chi connectivity index (χ1v) is 7.88. The number of hydrogen-bond acceptors (Lipinski definition) is 5. The number of anilines is 1. The second-order valence-corrected chi connectivity index (χ2v) is 7.17. The van der Waals surface area contributed by atoms with E-state index in [0.29, 0.717) is 10.6 Å². The third-order valence-corrected chi connectivity index (χ3v) is 5.65. The van der Waals surface area contributed by atoms with Crippen LogP contribution in [0.25, 0.3) is 0 Å². The highest BCUT2D eigenvalue weighted by atomic mass is 32.2. The predicted octanol–water partition coefficient (Wildman–Crippen LogP) is 2.05. The fourth-order valence-corrected chi connectivity index (χ4v) is 4.00. The maximum Gasteiger partial charge on any atom is 0.271 e. The number of aromatic nitrogens is 1. The summed E-state index contributed by atoms with van der Waals surface area (Å²) in [4.78, 5) is 4.69. The molecule has 0 bridgehead atoms. The van der Waals surface area contributed by atoms with Crippen LogP contribution >= 0.6 is 11.3 Å². The number of nitrogens with one attached hydrogen (secondary N) is 1. The summed E-state index contributed by atoms with van der Waals surface area (Å²) in [6.07, 6.45) is 1.47. The molecule has 2 aromatic rings. The Morgan fingerprint density at radius 3 is 2.63 bits per heavy atom. The maximum absolute atomic E-state index is 12.2. The molecule has 0 atom stereocenters.